The van der Waals surface area contributed by atoms with Crippen LogP contribution in [0.5, 0.6) is 0 Å². The van der Waals surface area contributed by atoms with Crippen LogP contribution in [0.2, 0.25) is 0 Å². The molecule has 3 aromatic rings. The summed E-state index contributed by atoms with van der Waals surface area (Å²) in [6.07, 6.45) is 3.59. The second-order valence-corrected chi connectivity index (χ2v) is 7.87. The maximum absolute atomic E-state index is 12.2. The molecule has 0 unspecified atom stereocenters. The van der Waals surface area contributed by atoms with E-state index in [9.17, 15) is 9.59 Å². The number of halogens is 1. The van der Waals surface area contributed by atoms with E-state index in [2.05, 4.69) is 31.5 Å². The van der Waals surface area contributed by atoms with Gasteiger partial charge in [-0.3, -0.25) is 9.59 Å². The Morgan fingerprint density at radius 3 is 2.82 bits per heavy atom. The zero-order valence-corrected chi connectivity index (χ0v) is 17.8. The van der Waals surface area contributed by atoms with Crippen molar-refractivity contribution in [1.82, 2.24) is 14.9 Å². The number of thioether (sulfide) groups is 1. The van der Waals surface area contributed by atoms with Crippen molar-refractivity contribution in [3.63, 3.8) is 0 Å². The number of carbonyl (C=O) groups is 2. The summed E-state index contributed by atoms with van der Waals surface area (Å²) < 4.78 is 8.43. The Morgan fingerprint density at radius 2 is 2.11 bits per heavy atom. The highest BCUT2D eigenvalue weighted by Gasteiger charge is 2.13. The minimum absolute atomic E-state index is 0.147. The van der Waals surface area contributed by atoms with Crippen LogP contribution in [0, 0.1) is 6.92 Å². The molecule has 0 fully saturated rings. The fourth-order valence-electron chi connectivity index (χ4n) is 2.38. The van der Waals surface area contributed by atoms with Gasteiger partial charge in [-0.1, -0.05) is 27.7 Å². The quantitative estimate of drug-likeness (QED) is 0.521. The summed E-state index contributed by atoms with van der Waals surface area (Å²) in [5.74, 6) is 0.639. The molecule has 2 aromatic heterocycles. The van der Waals surface area contributed by atoms with Gasteiger partial charge < -0.3 is 19.6 Å². The van der Waals surface area contributed by atoms with Gasteiger partial charge in [0.25, 0.3) is 5.91 Å². The van der Waals surface area contributed by atoms with Gasteiger partial charge in [0.1, 0.15) is 5.76 Å². The molecule has 2 heterocycles. The predicted molar refractivity (Wildman–Crippen MR) is 111 cm³/mol. The van der Waals surface area contributed by atoms with E-state index in [0.717, 1.165) is 15.2 Å². The lowest BCUT2D eigenvalue weighted by Gasteiger charge is -2.07. The SMILES string of the molecule is Cc1cc(NC(=O)CNC(=O)c2ccc(CSc3nccn3C)o2)ccc1Br. The molecule has 0 spiro atoms. The lowest BCUT2D eigenvalue weighted by molar-refractivity contribution is -0.115. The topological polar surface area (TPSA) is 89.2 Å². The summed E-state index contributed by atoms with van der Waals surface area (Å²) >= 11 is 4.93. The third-order valence-corrected chi connectivity index (χ3v) is 5.83. The van der Waals surface area contributed by atoms with Crippen LogP contribution >= 0.6 is 27.7 Å². The van der Waals surface area contributed by atoms with Gasteiger partial charge in [0.2, 0.25) is 5.91 Å². The molecule has 0 aliphatic carbocycles. The molecule has 0 aliphatic rings. The molecule has 0 aliphatic heterocycles. The minimum atomic E-state index is -0.435. The Morgan fingerprint density at radius 1 is 1.29 bits per heavy atom. The van der Waals surface area contributed by atoms with Crippen molar-refractivity contribution in [2.24, 2.45) is 7.05 Å². The van der Waals surface area contributed by atoms with Gasteiger partial charge in [-0.05, 0) is 42.8 Å². The molecule has 146 valence electrons. The van der Waals surface area contributed by atoms with E-state index in [0.29, 0.717) is 17.2 Å². The number of rotatable bonds is 7. The van der Waals surface area contributed by atoms with Gasteiger partial charge in [-0.25, -0.2) is 4.98 Å². The van der Waals surface area contributed by atoms with Crippen LogP contribution in [0.3, 0.4) is 0 Å². The highest BCUT2D eigenvalue weighted by Crippen LogP contribution is 2.22. The molecule has 0 saturated carbocycles. The standard InChI is InChI=1S/C19H19BrN4O3S/c1-12-9-13(3-5-15(12)20)23-17(25)10-22-18(26)16-6-4-14(27-16)11-28-19-21-7-8-24(19)2/h3-9H,10-11H2,1-2H3,(H,22,26)(H,23,25). The molecule has 7 nitrogen and oxygen atoms in total. The Bertz CT molecular complexity index is 999. The van der Waals surface area contributed by atoms with Crippen LogP contribution in [-0.4, -0.2) is 27.9 Å². The number of furan rings is 1. The molecule has 0 bridgehead atoms. The van der Waals surface area contributed by atoms with Gasteiger partial charge >= 0.3 is 0 Å². The average molecular weight is 463 g/mol. The number of hydrogen-bond donors (Lipinski definition) is 2. The van der Waals surface area contributed by atoms with Crippen molar-refractivity contribution >= 4 is 45.2 Å². The first-order chi connectivity index (χ1) is 13.4. The zero-order chi connectivity index (χ0) is 20.1. The second kappa shape index (κ2) is 9.11. The van der Waals surface area contributed by atoms with E-state index in [-0.39, 0.29) is 18.2 Å². The number of imidazole rings is 1. The molecule has 0 saturated heterocycles. The third-order valence-electron chi connectivity index (χ3n) is 3.86. The van der Waals surface area contributed by atoms with Crippen molar-refractivity contribution in [2.75, 3.05) is 11.9 Å². The average Bonchev–Trinajstić information content (AvgIpc) is 3.30. The van der Waals surface area contributed by atoms with Crippen LogP contribution in [0.15, 0.2) is 56.8 Å². The molecule has 28 heavy (non-hydrogen) atoms. The van der Waals surface area contributed by atoms with Gasteiger partial charge in [-0.2, -0.15) is 0 Å². The molecule has 3 rings (SSSR count). The van der Waals surface area contributed by atoms with Crippen LogP contribution in [0.4, 0.5) is 5.69 Å². The maximum Gasteiger partial charge on any atom is 0.287 e. The number of hydrogen-bond acceptors (Lipinski definition) is 5. The Hall–Kier alpha value is -2.52. The number of nitrogens with one attached hydrogen (secondary N) is 2. The highest BCUT2D eigenvalue weighted by molar-refractivity contribution is 9.10. The van der Waals surface area contributed by atoms with Crippen LogP contribution in [-0.2, 0) is 17.6 Å². The largest absolute Gasteiger partial charge is 0.455 e. The molecule has 0 atom stereocenters. The minimum Gasteiger partial charge on any atom is -0.455 e. The van der Waals surface area contributed by atoms with Crippen LogP contribution in [0.25, 0.3) is 0 Å². The summed E-state index contributed by atoms with van der Waals surface area (Å²) in [5.41, 5.74) is 1.68. The van der Waals surface area contributed by atoms with Gasteiger partial charge in [0, 0.05) is 29.6 Å². The van der Waals surface area contributed by atoms with Crippen LogP contribution in [0.1, 0.15) is 21.9 Å². The Labute approximate surface area is 175 Å². The monoisotopic (exact) mass is 462 g/mol. The lowest BCUT2D eigenvalue weighted by atomic mass is 10.2. The van der Waals surface area contributed by atoms with Crippen LogP contribution < -0.4 is 10.6 Å². The summed E-state index contributed by atoms with van der Waals surface area (Å²) in [7, 11) is 1.91. The third kappa shape index (κ3) is 5.26. The summed E-state index contributed by atoms with van der Waals surface area (Å²) in [6, 6.07) is 8.84. The van der Waals surface area contributed by atoms with Gasteiger partial charge in [0.05, 0.1) is 12.3 Å². The molecule has 2 N–H and O–H groups in total. The second-order valence-electron chi connectivity index (χ2n) is 6.07. The predicted octanol–water partition coefficient (Wildman–Crippen LogP) is 3.74. The van der Waals surface area contributed by atoms with Crippen molar-refractivity contribution in [3.05, 3.63) is 64.3 Å². The summed E-state index contributed by atoms with van der Waals surface area (Å²) in [6.45, 7) is 1.79. The number of carbonyl (C=O) groups excluding carboxylic acids is 2. The molecule has 2 amide bonds. The van der Waals surface area contributed by atoms with Crippen molar-refractivity contribution in [3.8, 4) is 0 Å². The number of nitrogens with zero attached hydrogens (tertiary/aromatic N) is 2. The van der Waals surface area contributed by atoms with E-state index < -0.39 is 5.91 Å². The van der Waals surface area contributed by atoms with Crippen molar-refractivity contribution in [1.29, 1.82) is 0 Å². The summed E-state index contributed by atoms with van der Waals surface area (Å²) in [5, 5.41) is 6.17. The smallest absolute Gasteiger partial charge is 0.287 e. The first-order valence-electron chi connectivity index (χ1n) is 8.45. The number of anilines is 1. The van der Waals surface area contributed by atoms with E-state index >= 15 is 0 Å². The zero-order valence-electron chi connectivity index (χ0n) is 15.4. The number of amides is 2. The molecule has 9 heteroatoms. The van der Waals surface area contributed by atoms with Gasteiger partial charge in [-0.15, -0.1) is 0 Å². The van der Waals surface area contributed by atoms with E-state index in [1.54, 1.807) is 24.4 Å². The number of benzene rings is 1. The molecular weight excluding hydrogens is 444 g/mol. The highest BCUT2D eigenvalue weighted by atomic mass is 79.9. The Kier molecular flexibility index (Phi) is 6.58. The van der Waals surface area contributed by atoms with E-state index in [4.69, 9.17) is 4.42 Å². The number of aryl methyl sites for hydroxylation is 2. The molecule has 1 aromatic carbocycles. The lowest BCUT2D eigenvalue weighted by Crippen LogP contribution is -2.32. The maximum atomic E-state index is 12.2. The first-order valence-corrected chi connectivity index (χ1v) is 10.2. The summed E-state index contributed by atoms with van der Waals surface area (Å²) in [4.78, 5) is 28.4. The molecule has 0 radical (unpaired) electrons. The fraction of sp³-hybridized carbons (Fsp3) is 0.211. The van der Waals surface area contributed by atoms with Crippen molar-refractivity contribution in [2.45, 2.75) is 17.8 Å². The fourth-order valence-corrected chi connectivity index (χ4v) is 3.45. The molecular formula is C19H19BrN4O3S. The first kappa shape index (κ1) is 20.2. The number of aromatic nitrogens is 2. The van der Waals surface area contributed by atoms with Crippen molar-refractivity contribution < 1.29 is 14.0 Å². The van der Waals surface area contributed by atoms with E-state index in [1.807, 2.05) is 36.9 Å². The Balaban J connectivity index is 1.48. The van der Waals surface area contributed by atoms with E-state index in [1.165, 1.54) is 11.8 Å². The van der Waals surface area contributed by atoms with Gasteiger partial charge in [0.15, 0.2) is 10.9 Å². The normalized spacial score (nSPS) is 10.7.